The van der Waals surface area contributed by atoms with Gasteiger partial charge in [-0.1, -0.05) is 0 Å². The number of alkyl halides is 1. The van der Waals surface area contributed by atoms with Crippen molar-refractivity contribution in [1.82, 2.24) is 0 Å². The molecule has 1 aliphatic carbocycles. The first-order chi connectivity index (χ1) is 5.47. The molecule has 12 heavy (non-hydrogen) atoms. The quantitative estimate of drug-likeness (QED) is 0.497. The minimum absolute atomic E-state index is 0.409. The molecule has 0 amide bonds. The Kier molecular flexibility index (Phi) is 3.62. The molecule has 0 heterocycles. The van der Waals surface area contributed by atoms with Crippen LogP contribution in [0, 0.1) is 0 Å². The molecule has 0 aromatic rings. The summed E-state index contributed by atoms with van der Waals surface area (Å²) >= 11 is 6.01. The smallest absolute Gasteiger partial charge is 0.184 e. The van der Waals surface area contributed by atoms with E-state index < -0.39 is 8.32 Å². The van der Waals surface area contributed by atoms with E-state index >= 15 is 0 Å². The van der Waals surface area contributed by atoms with Crippen LogP contribution in [0.25, 0.3) is 0 Å². The summed E-state index contributed by atoms with van der Waals surface area (Å²) < 4.78 is 6.01. The molecular weight excluding hydrogens is 188 g/mol. The molecule has 0 saturated heterocycles. The van der Waals surface area contributed by atoms with Gasteiger partial charge >= 0.3 is 0 Å². The van der Waals surface area contributed by atoms with E-state index in [0.717, 1.165) is 12.8 Å². The molecule has 0 N–H and O–H groups in total. The summed E-state index contributed by atoms with van der Waals surface area (Å²) in [7, 11) is -1.31. The summed E-state index contributed by atoms with van der Waals surface area (Å²) in [6.45, 7) is 6.75. The second-order valence-electron chi connectivity index (χ2n) is 4.60. The summed E-state index contributed by atoms with van der Waals surface area (Å²) in [5.74, 6) is 0. The Bertz CT molecular complexity index is 136. The first-order valence-corrected chi connectivity index (χ1v) is 8.64. The molecule has 0 aromatic heterocycles. The fourth-order valence-electron chi connectivity index (χ4n) is 1.64. The second-order valence-corrected chi connectivity index (χ2v) is 9.68. The van der Waals surface area contributed by atoms with E-state index in [9.17, 15) is 0 Å². The van der Waals surface area contributed by atoms with Crippen LogP contribution in [0.2, 0.25) is 19.6 Å². The lowest BCUT2D eigenvalue weighted by Gasteiger charge is -2.30. The molecule has 0 spiro atoms. The topological polar surface area (TPSA) is 9.23 Å². The lowest BCUT2D eigenvalue weighted by atomic mass is 9.98. The molecule has 1 aliphatic rings. The highest BCUT2D eigenvalue weighted by molar-refractivity contribution is 6.69. The first kappa shape index (κ1) is 10.5. The van der Waals surface area contributed by atoms with Crippen LogP contribution in [0.3, 0.4) is 0 Å². The van der Waals surface area contributed by atoms with Crippen molar-refractivity contribution in [2.45, 2.75) is 56.8 Å². The van der Waals surface area contributed by atoms with Crippen molar-refractivity contribution in [1.29, 1.82) is 0 Å². The normalized spacial score (nSPS) is 32.0. The molecule has 0 aliphatic heterocycles. The Hall–Kier alpha value is 0.467. The van der Waals surface area contributed by atoms with Crippen LogP contribution in [0.15, 0.2) is 0 Å². The van der Waals surface area contributed by atoms with Crippen molar-refractivity contribution in [2.24, 2.45) is 0 Å². The van der Waals surface area contributed by atoms with Gasteiger partial charge in [-0.2, -0.15) is 0 Å². The van der Waals surface area contributed by atoms with Crippen molar-refractivity contribution in [3.63, 3.8) is 0 Å². The minimum Gasteiger partial charge on any atom is -0.415 e. The van der Waals surface area contributed by atoms with Gasteiger partial charge in [-0.3, -0.25) is 0 Å². The van der Waals surface area contributed by atoms with Crippen LogP contribution in [0.4, 0.5) is 0 Å². The van der Waals surface area contributed by atoms with E-state index in [-0.39, 0.29) is 0 Å². The maximum absolute atomic E-state index is 6.01. The number of hydrogen-bond acceptors (Lipinski definition) is 1. The number of rotatable bonds is 2. The monoisotopic (exact) mass is 206 g/mol. The van der Waals surface area contributed by atoms with Crippen molar-refractivity contribution in [2.75, 3.05) is 0 Å². The third-order valence-corrected chi connectivity index (χ3v) is 3.60. The van der Waals surface area contributed by atoms with E-state index in [0.29, 0.717) is 11.5 Å². The van der Waals surface area contributed by atoms with Gasteiger partial charge in [-0.15, -0.1) is 11.6 Å². The van der Waals surface area contributed by atoms with Crippen molar-refractivity contribution in [3.8, 4) is 0 Å². The molecule has 3 heteroatoms. The van der Waals surface area contributed by atoms with E-state index in [2.05, 4.69) is 19.6 Å². The summed E-state index contributed by atoms with van der Waals surface area (Å²) in [5.41, 5.74) is 0. The van der Waals surface area contributed by atoms with Gasteiger partial charge in [-0.25, -0.2) is 0 Å². The predicted octanol–water partition coefficient (Wildman–Crippen LogP) is 3.39. The zero-order valence-electron chi connectivity index (χ0n) is 8.27. The van der Waals surface area contributed by atoms with Gasteiger partial charge in [-0.05, 0) is 45.3 Å². The number of halogens is 1. The highest BCUT2D eigenvalue weighted by atomic mass is 35.5. The van der Waals surface area contributed by atoms with E-state index in [1.54, 1.807) is 0 Å². The van der Waals surface area contributed by atoms with Gasteiger partial charge in [0.2, 0.25) is 0 Å². The van der Waals surface area contributed by atoms with E-state index in [1.807, 2.05) is 0 Å². The van der Waals surface area contributed by atoms with Crippen molar-refractivity contribution in [3.05, 3.63) is 0 Å². The lowest BCUT2D eigenvalue weighted by Crippen LogP contribution is -2.34. The van der Waals surface area contributed by atoms with Gasteiger partial charge in [0.25, 0.3) is 0 Å². The maximum atomic E-state index is 6.01. The van der Waals surface area contributed by atoms with Crippen LogP contribution < -0.4 is 0 Å². The van der Waals surface area contributed by atoms with Gasteiger partial charge in [0, 0.05) is 11.5 Å². The highest BCUT2D eigenvalue weighted by Gasteiger charge is 2.25. The molecule has 1 fully saturated rings. The molecule has 1 rings (SSSR count). The van der Waals surface area contributed by atoms with Crippen LogP contribution in [-0.2, 0) is 4.43 Å². The van der Waals surface area contributed by atoms with Gasteiger partial charge in [0.05, 0.1) is 0 Å². The highest BCUT2D eigenvalue weighted by Crippen LogP contribution is 2.26. The maximum Gasteiger partial charge on any atom is 0.184 e. The molecule has 1 nitrogen and oxygen atoms in total. The Morgan fingerprint density at radius 3 is 2.00 bits per heavy atom. The minimum atomic E-state index is -1.31. The van der Waals surface area contributed by atoms with Gasteiger partial charge in [0.1, 0.15) is 0 Å². The summed E-state index contributed by atoms with van der Waals surface area (Å²) in [6.07, 6.45) is 5.11. The predicted molar refractivity (Wildman–Crippen MR) is 56.3 cm³/mol. The molecular formula is C9H19ClOSi. The third kappa shape index (κ3) is 3.92. The molecule has 0 atom stereocenters. The van der Waals surface area contributed by atoms with Crippen molar-refractivity contribution >= 4 is 19.9 Å². The summed E-state index contributed by atoms with van der Waals surface area (Å²) in [4.78, 5) is 0. The van der Waals surface area contributed by atoms with Crippen LogP contribution in [0.5, 0.6) is 0 Å². The average molecular weight is 207 g/mol. The number of hydrogen-bond donors (Lipinski definition) is 0. The third-order valence-electron chi connectivity index (χ3n) is 2.12. The fraction of sp³-hybridized carbons (Fsp3) is 1.00. The van der Waals surface area contributed by atoms with Gasteiger partial charge < -0.3 is 4.43 Å². The van der Waals surface area contributed by atoms with Crippen LogP contribution in [0.1, 0.15) is 25.7 Å². The average Bonchev–Trinajstić information content (AvgIpc) is 1.91. The fourth-order valence-corrected chi connectivity index (χ4v) is 3.13. The second kappa shape index (κ2) is 4.12. The molecule has 0 radical (unpaired) electrons. The SMILES string of the molecule is C[Si](C)(C)OC1CCC(Cl)CC1. The largest absolute Gasteiger partial charge is 0.415 e. The molecule has 0 aromatic carbocycles. The molecule has 0 unspecified atom stereocenters. The molecule has 72 valence electrons. The molecule has 1 saturated carbocycles. The van der Waals surface area contributed by atoms with E-state index in [1.165, 1.54) is 12.8 Å². The summed E-state index contributed by atoms with van der Waals surface area (Å²) in [5, 5.41) is 0.409. The van der Waals surface area contributed by atoms with Gasteiger partial charge in [0.15, 0.2) is 8.32 Å². The van der Waals surface area contributed by atoms with E-state index in [4.69, 9.17) is 16.0 Å². The van der Waals surface area contributed by atoms with Crippen LogP contribution in [-0.4, -0.2) is 19.8 Å². The Morgan fingerprint density at radius 2 is 1.58 bits per heavy atom. The Balaban J connectivity index is 2.26. The molecule has 0 bridgehead atoms. The zero-order valence-corrected chi connectivity index (χ0v) is 10.0. The standard InChI is InChI=1S/C9H19ClOSi/c1-12(2,3)11-9-6-4-8(10)5-7-9/h8-9H,4-7H2,1-3H3. The zero-order chi connectivity index (χ0) is 9.19. The summed E-state index contributed by atoms with van der Waals surface area (Å²) in [6, 6.07) is 0. The first-order valence-electron chi connectivity index (χ1n) is 4.79. The Morgan fingerprint density at radius 1 is 1.08 bits per heavy atom. The Labute approximate surface area is 81.6 Å². The van der Waals surface area contributed by atoms with Crippen LogP contribution >= 0.6 is 11.6 Å². The van der Waals surface area contributed by atoms with Crippen molar-refractivity contribution < 1.29 is 4.43 Å². The lowest BCUT2D eigenvalue weighted by molar-refractivity contribution is 0.149.